The van der Waals surface area contributed by atoms with Crippen molar-refractivity contribution in [2.45, 2.75) is 30.1 Å². The van der Waals surface area contributed by atoms with Crippen LogP contribution in [0.1, 0.15) is 37.0 Å². The third kappa shape index (κ3) is 3.68. The summed E-state index contributed by atoms with van der Waals surface area (Å²) >= 11 is 6.97. The number of hydrogen-bond donors (Lipinski definition) is 0. The van der Waals surface area contributed by atoms with Crippen molar-refractivity contribution in [3.05, 3.63) is 51.9 Å². The van der Waals surface area contributed by atoms with Gasteiger partial charge in [-0.05, 0) is 29.2 Å². The number of sulfonamides is 1. The summed E-state index contributed by atoms with van der Waals surface area (Å²) in [6, 6.07) is 11.4. The van der Waals surface area contributed by atoms with Crippen molar-refractivity contribution >= 4 is 33.0 Å². The molecule has 0 spiro atoms. The second-order valence-electron chi connectivity index (χ2n) is 6.10. The molecule has 0 bridgehead atoms. The lowest BCUT2D eigenvalue weighted by atomic mass is 10.00. The smallest absolute Gasteiger partial charge is 0.252 e. The van der Waals surface area contributed by atoms with E-state index in [-0.39, 0.29) is 10.3 Å². The topological polar surface area (TPSA) is 46.6 Å². The first-order valence-electron chi connectivity index (χ1n) is 7.85. The number of ether oxygens (including phenoxy) is 1. The fourth-order valence-electron chi connectivity index (χ4n) is 2.70. The van der Waals surface area contributed by atoms with E-state index in [1.54, 1.807) is 12.1 Å². The lowest BCUT2D eigenvalue weighted by molar-refractivity contribution is -0.00250. The van der Waals surface area contributed by atoms with Gasteiger partial charge in [-0.3, -0.25) is 0 Å². The zero-order chi connectivity index (χ0) is 17.3. The molecule has 2 aromatic rings. The SMILES string of the molecule is CC(C)c1ccc(C2CN(S(=O)(=O)c3ccc(Cl)s3)CCO2)cc1. The van der Waals surface area contributed by atoms with Crippen molar-refractivity contribution in [3.8, 4) is 0 Å². The third-order valence-electron chi connectivity index (χ3n) is 4.15. The summed E-state index contributed by atoms with van der Waals surface area (Å²) in [5.74, 6) is 0.465. The molecule has 1 aliphatic heterocycles. The molecule has 1 aromatic carbocycles. The molecule has 0 radical (unpaired) electrons. The number of rotatable bonds is 4. The highest BCUT2D eigenvalue weighted by atomic mass is 35.5. The highest BCUT2D eigenvalue weighted by Gasteiger charge is 2.32. The van der Waals surface area contributed by atoms with Crippen molar-refractivity contribution < 1.29 is 13.2 Å². The molecule has 7 heteroatoms. The van der Waals surface area contributed by atoms with Crippen LogP contribution in [0, 0.1) is 0 Å². The number of morpholine rings is 1. The normalized spacial score (nSPS) is 19.8. The van der Waals surface area contributed by atoms with Crippen LogP contribution in [-0.4, -0.2) is 32.4 Å². The van der Waals surface area contributed by atoms with Gasteiger partial charge in [0.15, 0.2) is 0 Å². The van der Waals surface area contributed by atoms with Crippen LogP contribution in [0.5, 0.6) is 0 Å². The van der Waals surface area contributed by atoms with Crippen LogP contribution in [0.25, 0.3) is 0 Å². The average Bonchev–Trinajstić information content (AvgIpc) is 3.02. The Morgan fingerprint density at radius 1 is 1.21 bits per heavy atom. The van der Waals surface area contributed by atoms with Gasteiger partial charge in [0.1, 0.15) is 4.21 Å². The van der Waals surface area contributed by atoms with Crippen LogP contribution in [0.3, 0.4) is 0 Å². The van der Waals surface area contributed by atoms with E-state index in [1.807, 2.05) is 12.1 Å². The molecule has 1 atom stereocenters. The molecular formula is C17H20ClNO3S2. The number of nitrogens with zero attached hydrogens (tertiary/aromatic N) is 1. The Balaban J connectivity index is 1.79. The van der Waals surface area contributed by atoms with Gasteiger partial charge in [0.05, 0.1) is 17.0 Å². The summed E-state index contributed by atoms with van der Waals surface area (Å²) in [4.78, 5) is 0. The summed E-state index contributed by atoms with van der Waals surface area (Å²) < 4.78 is 33.5. The molecule has 0 N–H and O–H groups in total. The summed E-state index contributed by atoms with van der Waals surface area (Å²) in [7, 11) is -3.52. The third-order valence-corrected chi connectivity index (χ3v) is 7.71. The van der Waals surface area contributed by atoms with Gasteiger partial charge in [-0.15, -0.1) is 11.3 Å². The average molecular weight is 386 g/mol. The maximum absolute atomic E-state index is 12.7. The molecule has 130 valence electrons. The predicted molar refractivity (Wildman–Crippen MR) is 97.3 cm³/mol. The number of thiophene rings is 1. The molecule has 0 amide bonds. The fraction of sp³-hybridized carbons (Fsp3) is 0.412. The summed E-state index contributed by atoms with van der Waals surface area (Å²) in [5, 5.41) is 0. The van der Waals surface area contributed by atoms with Crippen molar-refractivity contribution in [1.29, 1.82) is 0 Å². The monoisotopic (exact) mass is 385 g/mol. The van der Waals surface area contributed by atoms with Crippen molar-refractivity contribution in [2.24, 2.45) is 0 Å². The molecule has 2 heterocycles. The minimum Gasteiger partial charge on any atom is -0.371 e. The summed E-state index contributed by atoms with van der Waals surface area (Å²) in [6.45, 7) is 5.35. The van der Waals surface area contributed by atoms with E-state index in [9.17, 15) is 8.42 Å². The number of benzene rings is 1. The zero-order valence-electron chi connectivity index (χ0n) is 13.6. The minimum absolute atomic E-state index is 0.245. The highest BCUT2D eigenvalue weighted by molar-refractivity contribution is 7.91. The molecule has 1 saturated heterocycles. The standard InChI is InChI=1S/C17H20ClNO3S2/c1-12(2)13-3-5-14(6-4-13)15-11-19(9-10-22-15)24(20,21)17-8-7-16(18)23-17/h3-8,12,15H,9-11H2,1-2H3. The highest BCUT2D eigenvalue weighted by Crippen LogP contribution is 2.31. The van der Waals surface area contributed by atoms with Gasteiger partial charge in [-0.25, -0.2) is 8.42 Å². The van der Waals surface area contributed by atoms with Crippen LogP contribution < -0.4 is 0 Å². The Kier molecular flexibility index (Phi) is 5.32. The van der Waals surface area contributed by atoms with Gasteiger partial charge >= 0.3 is 0 Å². The molecular weight excluding hydrogens is 366 g/mol. The van der Waals surface area contributed by atoms with Crippen molar-refractivity contribution in [1.82, 2.24) is 4.31 Å². The molecule has 1 aromatic heterocycles. The van der Waals surface area contributed by atoms with Crippen LogP contribution in [0.2, 0.25) is 4.34 Å². The largest absolute Gasteiger partial charge is 0.371 e. The molecule has 24 heavy (non-hydrogen) atoms. The Labute approximate surface area is 152 Å². The second-order valence-corrected chi connectivity index (χ2v) is 9.98. The Morgan fingerprint density at radius 2 is 1.92 bits per heavy atom. The molecule has 1 aliphatic rings. The first-order chi connectivity index (χ1) is 11.4. The van der Waals surface area contributed by atoms with Gasteiger partial charge in [-0.2, -0.15) is 4.31 Å². The predicted octanol–water partition coefficient (Wildman–Crippen LogP) is 4.29. The quantitative estimate of drug-likeness (QED) is 0.788. The lowest BCUT2D eigenvalue weighted by Crippen LogP contribution is -2.41. The minimum atomic E-state index is -3.52. The second kappa shape index (κ2) is 7.14. The van der Waals surface area contributed by atoms with E-state index in [0.717, 1.165) is 16.9 Å². The first-order valence-corrected chi connectivity index (χ1v) is 10.5. The van der Waals surface area contributed by atoms with E-state index in [4.69, 9.17) is 16.3 Å². The van der Waals surface area contributed by atoms with Crippen LogP contribution in [0.4, 0.5) is 0 Å². The van der Waals surface area contributed by atoms with Crippen molar-refractivity contribution in [3.63, 3.8) is 0 Å². The molecule has 3 rings (SSSR count). The van der Waals surface area contributed by atoms with E-state index in [2.05, 4.69) is 26.0 Å². The summed E-state index contributed by atoms with van der Waals surface area (Å²) in [6.07, 6.45) is -0.245. The van der Waals surface area contributed by atoms with Crippen LogP contribution in [0.15, 0.2) is 40.6 Å². The molecule has 4 nitrogen and oxygen atoms in total. The fourth-order valence-corrected chi connectivity index (χ4v) is 5.77. The van der Waals surface area contributed by atoms with Crippen molar-refractivity contribution in [2.75, 3.05) is 19.7 Å². The van der Waals surface area contributed by atoms with Crippen LogP contribution >= 0.6 is 22.9 Å². The van der Waals surface area contributed by atoms with E-state index in [0.29, 0.717) is 30.0 Å². The maximum atomic E-state index is 12.7. The van der Waals surface area contributed by atoms with Gasteiger partial charge in [0.2, 0.25) is 0 Å². The van der Waals surface area contributed by atoms with Gasteiger partial charge < -0.3 is 4.74 Å². The molecule has 1 fully saturated rings. The lowest BCUT2D eigenvalue weighted by Gasteiger charge is -2.32. The number of hydrogen-bond acceptors (Lipinski definition) is 4. The molecule has 1 unspecified atom stereocenters. The van der Waals surface area contributed by atoms with Gasteiger partial charge in [0, 0.05) is 13.1 Å². The number of halogens is 1. The molecule has 0 aliphatic carbocycles. The van der Waals surface area contributed by atoms with E-state index >= 15 is 0 Å². The molecule has 0 saturated carbocycles. The summed E-state index contributed by atoms with van der Waals surface area (Å²) in [5.41, 5.74) is 2.26. The van der Waals surface area contributed by atoms with E-state index in [1.165, 1.54) is 9.87 Å². The van der Waals surface area contributed by atoms with Gasteiger partial charge in [0.25, 0.3) is 10.0 Å². The van der Waals surface area contributed by atoms with Crippen LogP contribution in [-0.2, 0) is 14.8 Å². The Bertz CT molecular complexity index is 799. The van der Waals surface area contributed by atoms with Gasteiger partial charge in [-0.1, -0.05) is 49.7 Å². The Hall–Kier alpha value is -0.920. The first kappa shape index (κ1) is 17.9. The Morgan fingerprint density at radius 3 is 2.50 bits per heavy atom. The maximum Gasteiger partial charge on any atom is 0.252 e. The zero-order valence-corrected chi connectivity index (χ0v) is 16.0. The van der Waals surface area contributed by atoms with E-state index < -0.39 is 10.0 Å².